The molecular formula is C13H17NO2. The highest BCUT2D eigenvalue weighted by atomic mass is 16.4. The van der Waals surface area contributed by atoms with Crippen LogP contribution in [0.15, 0.2) is 30.3 Å². The SMILES string of the molecule is O=C(O)CCC1CCCN1c1ccccc1. The number of carboxylic acids is 1. The lowest BCUT2D eigenvalue weighted by Gasteiger charge is -2.26. The molecule has 1 fully saturated rings. The van der Waals surface area contributed by atoms with Gasteiger partial charge in [0.05, 0.1) is 0 Å². The average Bonchev–Trinajstić information content (AvgIpc) is 2.75. The van der Waals surface area contributed by atoms with Gasteiger partial charge in [0.15, 0.2) is 0 Å². The second-order valence-corrected chi connectivity index (χ2v) is 4.26. The Morgan fingerprint density at radius 1 is 1.38 bits per heavy atom. The number of aliphatic carboxylic acids is 1. The molecule has 1 aliphatic rings. The van der Waals surface area contributed by atoms with Gasteiger partial charge in [0.1, 0.15) is 0 Å². The summed E-state index contributed by atoms with van der Waals surface area (Å²) in [6.07, 6.45) is 3.31. The van der Waals surface area contributed by atoms with Gasteiger partial charge in [-0.15, -0.1) is 0 Å². The van der Waals surface area contributed by atoms with Crippen molar-refractivity contribution in [1.29, 1.82) is 0 Å². The number of benzene rings is 1. The van der Waals surface area contributed by atoms with Gasteiger partial charge in [-0.25, -0.2) is 0 Å². The number of hydrogen-bond acceptors (Lipinski definition) is 2. The van der Waals surface area contributed by atoms with Crippen molar-refractivity contribution in [2.75, 3.05) is 11.4 Å². The molecule has 0 radical (unpaired) electrons. The standard InChI is InChI=1S/C13H17NO2/c15-13(16)9-8-12-7-4-10-14(12)11-5-2-1-3-6-11/h1-3,5-6,12H,4,7-10H2,(H,15,16). The summed E-state index contributed by atoms with van der Waals surface area (Å²) in [4.78, 5) is 12.9. The first-order valence-electron chi connectivity index (χ1n) is 5.81. The fraction of sp³-hybridized carbons (Fsp3) is 0.462. The minimum Gasteiger partial charge on any atom is -0.481 e. The smallest absolute Gasteiger partial charge is 0.303 e. The minimum atomic E-state index is -0.695. The molecule has 1 aliphatic heterocycles. The third-order valence-corrected chi connectivity index (χ3v) is 3.16. The summed E-state index contributed by atoms with van der Waals surface area (Å²) in [6.45, 7) is 1.05. The summed E-state index contributed by atoms with van der Waals surface area (Å²) in [5.74, 6) is -0.695. The molecule has 0 aliphatic carbocycles. The van der Waals surface area contributed by atoms with E-state index in [-0.39, 0.29) is 6.42 Å². The van der Waals surface area contributed by atoms with E-state index in [4.69, 9.17) is 5.11 Å². The van der Waals surface area contributed by atoms with E-state index >= 15 is 0 Å². The first-order chi connectivity index (χ1) is 7.77. The first kappa shape index (κ1) is 11.0. The minimum absolute atomic E-state index is 0.272. The molecule has 1 aromatic carbocycles. The van der Waals surface area contributed by atoms with E-state index in [0.29, 0.717) is 6.04 Å². The van der Waals surface area contributed by atoms with Crippen molar-refractivity contribution in [1.82, 2.24) is 0 Å². The van der Waals surface area contributed by atoms with Crippen molar-refractivity contribution >= 4 is 11.7 Å². The quantitative estimate of drug-likeness (QED) is 0.846. The van der Waals surface area contributed by atoms with Gasteiger partial charge < -0.3 is 10.0 Å². The average molecular weight is 219 g/mol. The van der Waals surface area contributed by atoms with E-state index in [1.807, 2.05) is 18.2 Å². The topological polar surface area (TPSA) is 40.5 Å². The Balaban J connectivity index is 2.01. The molecule has 1 N–H and O–H groups in total. The highest BCUT2D eigenvalue weighted by molar-refractivity contribution is 5.66. The second-order valence-electron chi connectivity index (χ2n) is 4.26. The van der Waals surface area contributed by atoms with E-state index in [9.17, 15) is 4.79 Å². The largest absolute Gasteiger partial charge is 0.481 e. The Morgan fingerprint density at radius 3 is 2.81 bits per heavy atom. The molecule has 86 valence electrons. The molecule has 0 amide bonds. The van der Waals surface area contributed by atoms with Crippen LogP contribution in [0, 0.1) is 0 Å². The molecule has 0 saturated carbocycles. The molecule has 1 atom stereocenters. The molecule has 1 heterocycles. The number of rotatable bonds is 4. The fourth-order valence-electron chi connectivity index (χ4n) is 2.39. The number of anilines is 1. The van der Waals surface area contributed by atoms with Gasteiger partial charge in [0.2, 0.25) is 0 Å². The van der Waals surface area contributed by atoms with E-state index in [0.717, 1.165) is 19.4 Å². The normalized spacial score (nSPS) is 20.0. The van der Waals surface area contributed by atoms with Crippen molar-refractivity contribution in [3.8, 4) is 0 Å². The zero-order valence-corrected chi connectivity index (χ0v) is 9.30. The second kappa shape index (κ2) is 5.01. The summed E-state index contributed by atoms with van der Waals surface area (Å²) in [7, 11) is 0. The zero-order chi connectivity index (χ0) is 11.4. The van der Waals surface area contributed by atoms with Crippen LogP contribution < -0.4 is 4.90 Å². The summed E-state index contributed by atoms with van der Waals surface area (Å²) in [5.41, 5.74) is 1.22. The van der Waals surface area contributed by atoms with Crippen LogP contribution in [-0.4, -0.2) is 23.7 Å². The number of para-hydroxylation sites is 1. The van der Waals surface area contributed by atoms with Crippen molar-refractivity contribution in [3.63, 3.8) is 0 Å². The third-order valence-electron chi connectivity index (χ3n) is 3.16. The molecule has 2 rings (SSSR count). The van der Waals surface area contributed by atoms with Gasteiger partial charge in [-0.3, -0.25) is 4.79 Å². The van der Waals surface area contributed by atoms with Crippen LogP contribution in [0.2, 0.25) is 0 Å². The Bertz CT molecular complexity index is 350. The van der Waals surface area contributed by atoms with E-state index in [1.54, 1.807) is 0 Å². The van der Waals surface area contributed by atoms with E-state index < -0.39 is 5.97 Å². The predicted molar refractivity (Wildman–Crippen MR) is 63.7 cm³/mol. The van der Waals surface area contributed by atoms with Gasteiger partial charge in [0, 0.05) is 24.7 Å². The lowest BCUT2D eigenvalue weighted by atomic mass is 10.1. The van der Waals surface area contributed by atoms with Gasteiger partial charge in [-0.05, 0) is 31.4 Å². The van der Waals surface area contributed by atoms with Gasteiger partial charge in [-0.2, -0.15) is 0 Å². The Hall–Kier alpha value is -1.51. The molecule has 1 unspecified atom stereocenters. The van der Waals surface area contributed by atoms with Crippen LogP contribution in [0.25, 0.3) is 0 Å². The lowest BCUT2D eigenvalue weighted by Crippen LogP contribution is -2.29. The van der Waals surface area contributed by atoms with Crippen molar-refractivity contribution in [3.05, 3.63) is 30.3 Å². The maximum Gasteiger partial charge on any atom is 0.303 e. The van der Waals surface area contributed by atoms with Gasteiger partial charge in [0.25, 0.3) is 0 Å². The fourth-order valence-corrected chi connectivity index (χ4v) is 2.39. The summed E-state index contributed by atoms with van der Waals surface area (Å²) in [5, 5.41) is 8.71. The molecule has 16 heavy (non-hydrogen) atoms. The van der Waals surface area contributed by atoms with Crippen LogP contribution in [-0.2, 0) is 4.79 Å². The van der Waals surface area contributed by atoms with Crippen LogP contribution in [0.5, 0.6) is 0 Å². The first-order valence-corrected chi connectivity index (χ1v) is 5.81. The van der Waals surface area contributed by atoms with Gasteiger partial charge in [-0.1, -0.05) is 18.2 Å². The van der Waals surface area contributed by atoms with Crippen LogP contribution in [0.3, 0.4) is 0 Å². The highest BCUT2D eigenvalue weighted by Crippen LogP contribution is 2.27. The van der Waals surface area contributed by atoms with Gasteiger partial charge >= 0.3 is 5.97 Å². The number of nitrogens with zero attached hydrogens (tertiary/aromatic N) is 1. The van der Waals surface area contributed by atoms with Crippen molar-refractivity contribution in [2.45, 2.75) is 31.7 Å². The maximum atomic E-state index is 10.6. The molecule has 1 aromatic rings. The molecule has 0 aromatic heterocycles. The molecule has 1 saturated heterocycles. The van der Waals surface area contributed by atoms with Crippen LogP contribution in [0.4, 0.5) is 5.69 Å². The summed E-state index contributed by atoms with van der Waals surface area (Å²) >= 11 is 0. The number of carboxylic acid groups (broad SMARTS) is 1. The Labute approximate surface area is 95.7 Å². The molecule has 0 spiro atoms. The predicted octanol–water partition coefficient (Wildman–Crippen LogP) is 2.52. The zero-order valence-electron chi connectivity index (χ0n) is 9.30. The number of hydrogen-bond donors (Lipinski definition) is 1. The summed E-state index contributed by atoms with van der Waals surface area (Å²) in [6, 6.07) is 10.7. The lowest BCUT2D eigenvalue weighted by molar-refractivity contribution is -0.137. The highest BCUT2D eigenvalue weighted by Gasteiger charge is 2.24. The Morgan fingerprint density at radius 2 is 2.12 bits per heavy atom. The monoisotopic (exact) mass is 219 g/mol. The maximum absolute atomic E-state index is 10.6. The number of carbonyl (C=O) groups is 1. The van der Waals surface area contributed by atoms with E-state index in [2.05, 4.69) is 17.0 Å². The summed E-state index contributed by atoms with van der Waals surface area (Å²) < 4.78 is 0. The molecular weight excluding hydrogens is 202 g/mol. The molecule has 0 bridgehead atoms. The third kappa shape index (κ3) is 2.54. The van der Waals surface area contributed by atoms with Crippen LogP contribution in [0.1, 0.15) is 25.7 Å². The molecule has 3 heteroatoms. The van der Waals surface area contributed by atoms with Crippen molar-refractivity contribution in [2.24, 2.45) is 0 Å². The Kier molecular flexibility index (Phi) is 3.44. The van der Waals surface area contributed by atoms with E-state index in [1.165, 1.54) is 12.1 Å². The van der Waals surface area contributed by atoms with Crippen molar-refractivity contribution < 1.29 is 9.90 Å². The van der Waals surface area contributed by atoms with Crippen LogP contribution >= 0.6 is 0 Å². The molecule has 3 nitrogen and oxygen atoms in total.